The summed E-state index contributed by atoms with van der Waals surface area (Å²) < 4.78 is 0.906. The zero-order valence-corrected chi connectivity index (χ0v) is 11.5. The van der Waals surface area contributed by atoms with Crippen LogP contribution < -0.4 is 5.73 Å². The van der Waals surface area contributed by atoms with Gasteiger partial charge in [0, 0.05) is 10.5 Å². The molecule has 0 fully saturated rings. The van der Waals surface area contributed by atoms with Crippen molar-refractivity contribution in [3.05, 3.63) is 34.3 Å². The summed E-state index contributed by atoms with van der Waals surface area (Å²) in [6.07, 6.45) is 0. The van der Waals surface area contributed by atoms with Gasteiger partial charge in [0.05, 0.1) is 0 Å². The zero-order valence-electron chi connectivity index (χ0n) is 9.91. The van der Waals surface area contributed by atoms with Gasteiger partial charge in [-0.2, -0.15) is 0 Å². The molecule has 18 heavy (non-hydrogen) atoms. The molecule has 3 N–H and O–H groups in total. The zero-order chi connectivity index (χ0) is 13.1. The Labute approximate surface area is 113 Å². The molecule has 7 heteroatoms. The molecule has 0 aliphatic heterocycles. The molecule has 0 amide bonds. The van der Waals surface area contributed by atoms with Crippen LogP contribution in [0.4, 0.5) is 0 Å². The van der Waals surface area contributed by atoms with Crippen molar-refractivity contribution in [2.75, 3.05) is 0 Å². The second-order valence-electron chi connectivity index (χ2n) is 3.65. The van der Waals surface area contributed by atoms with E-state index in [0.29, 0.717) is 0 Å². The van der Waals surface area contributed by atoms with Gasteiger partial charge in [0.25, 0.3) is 0 Å². The van der Waals surface area contributed by atoms with Crippen molar-refractivity contribution in [2.24, 2.45) is 10.9 Å². The van der Waals surface area contributed by atoms with E-state index in [1.807, 2.05) is 32.0 Å². The lowest BCUT2D eigenvalue weighted by atomic mass is 10.1. The Morgan fingerprint density at radius 3 is 2.72 bits per heavy atom. The molecule has 2 aromatic rings. The fourth-order valence-corrected chi connectivity index (χ4v) is 3.35. The minimum atomic E-state index is 0.121. The number of nitrogens with zero attached hydrogens (tertiary/aromatic N) is 3. The SMILES string of the molecule is Cc1nnc(Sc2ccc(/C(N)=N/O)c(C)c2)s1. The average Bonchev–Trinajstić information content (AvgIpc) is 2.74. The van der Waals surface area contributed by atoms with E-state index in [9.17, 15) is 0 Å². The largest absolute Gasteiger partial charge is 0.409 e. The van der Waals surface area contributed by atoms with Crippen LogP contribution >= 0.6 is 23.1 Å². The Hall–Kier alpha value is -1.60. The molecule has 94 valence electrons. The lowest BCUT2D eigenvalue weighted by Crippen LogP contribution is -2.14. The molecule has 0 atom stereocenters. The second kappa shape index (κ2) is 5.36. The number of aryl methyl sites for hydroxylation is 2. The Morgan fingerprint density at radius 2 is 2.17 bits per heavy atom. The van der Waals surface area contributed by atoms with Crippen LogP contribution in [-0.2, 0) is 0 Å². The van der Waals surface area contributed by atoms with Crippen LogP contribution in [-0.4, -0.2) is 21.2 Å². The monoisotopic (exact) mass is 280 g/mol. The topological polar surface area (TPSA) is 84.4 Å². The first-order valence-corrected chi connectivity index (χ1v) is 6.80. The van der Waals surface area contributed by atoms with Crippen molar-refractivity contribution < 1.29 is 5.21 Å². The van der Waals surface area contributed by atoms with Crippen molar-refractivity contribution in [3.63, 3.8) is 0 Å². The van der Waals surface area contributed by atoms with Crippen LogP contribution in [0.15, 0.2) is 32.6 Å². The van der Waals surface area contributed by atoms with E-state index in [2.05, 4.69) is 15.4 Å². The first-order valence-electron chi connectivity index (χ1n) is 5.16. The number of hydrogen-bond acceptors (Lipinski definition) is 6. The molecule has 2 rings (SSSR count). The molecular formula is C11H12N4OS2. The molecule has 0 aliphatic carbocycles. The summed E-state index contributed by atoms with van der Waals surface area (Å²) in [5, 5.41) is 20.6. The maximum Gasteiger partial charge on any atom is 0.179 e. The Morgan fingerprint density at radius 1 is 1.39 bits per heavy atom. The fraction of sp³-hybridized carbons (Fsp3) is 0.182. The van der Waals surface area contributed by atoms with E-state index in [1.54, 1.807) is 23.1 Å². The number of aromatic nitrogens is 2. The number of hydrogen-bond donors (Lipinski definition) is 2. The number of benzene rings is 1. The van der Waals surface area contributed by atoms with E-state index in [-0.39, 0.29) is 5.84 Å². The quantitative estimate of drug-likeness (QED) is 0.390. The van der Waals surface area contributed by atoms with Crippen molar-refractivity contribution >= 4 is 28.9 Å². The highest BCUT2D eigenvalue weighted by Gasteiger charge is 2.07. The minimum absolute atomic E-state index is 0.121. The summed E-state index contributed by atoms with van der Waals surface area (Å²) in [4.78, 5) is 1.05. The Kier molecular flexibility index (Phi) is 3.83. The maximum atomic E-state index is 8.66. The second-order valence-corrected chi connectivity index (χ2v) is 6.15. The van der Waals surface area contributed by atoms with E-state index >= 15 is 0 Å². The lowest BCUT2D eigenvalue weighted by molar-refractivity contribution is 0.318. The van der Waals surface area contributed by atoms with Crippen molar-refractivity contribution in [3.8, 4) is 0 Å². The number of nitrogens with two attached hydrogens (primary N) is 1. The summed E-state index contributed by atoms with van der Waals surface area (Å²) >= 11 is 3.11. The third-order valence-corrected chi connectivity index (χ3v) is 4.17. The van der Waals surface area contributed by atoms with Gasteiger partial charge < -0.3 is 10.9 Å². The van der Waals surface area contributed by atoms with E-state index in [4.69, 9.17) is 10.9 Å². The molecule has 1 aromatic heterocycles. The summed E-state index contributed by atoms with van der Waals surface area (Å²) in [6, 6.07) is 5.73. The van der Waals surface area contributed by atoms with Gasteiger partial charge in [0.2, 0.25) is 0 Å². The number of amidine groups is 1. The standard InChI is InChI=1S/C11H12N4OS2/c1-6-5-8(3-4-9(6)10(12)15-16)18-11-14-13-7(2)17-11/h3-5,16H,1-2H3,(H2,12,15). The summed E-state index contributed by atoms with van der Waals surface area (Å²) in [6.45, 7) is 3.84. The Bertz CT molecular complexity index is 594. The molecule has 1 aromatic carbocycles. The molecular weight excluding hydrogens is 268 g/mol. The van der Waals surface area contributed by atoms with Gasteiger partial charge in [0.1, 0.15) is 5.01 Å². The number of oxime groups is 1. The molecule has 0 spiro atoms. The van der Waals surface area contributed by atoms with Crippen LogP contribution in [0.3, 0.4) is 0 Å². The first kappa shape index (κ1) is 12.8. The smallest absolute Gasteiger partial charge is 0.179 e. The van der Waals surface area contributed by atoms with Gasteiger partial charge in [-0.05, 0) is 37.6 Å². The van der Waals surface area contributed by atoms with Crippen molar-refractivity contribution in [2.45, 2.75) is 23.1 Å². The first-order chi connectivity index (χ1) is 8.60. The van der Waals surface area contributed by atoms with E-state index < -0.39 is 0 Å². The number of rotatable bonds is 3. The van der Waals surface area contributed by atoms with Crippen molar-refractivity contribution in [1.29, 1.82) is 0 Å². The van der Waals surface area contributed by atoms with Gasteiger partial charge in [-0.1, -0.05) is 28.3 Å². The van der Waals surface area contributed by atoms with Gasteiger partial charge >= 0.3 is 0 Å². The van der Waals surface area contributed by atoms with Crippen LogP contribution in [0.25, 0.3) is 0 Å². The predicted molar refractivity (Wildman–Crippen MR) is 72.5 cm³/mol. The molecule has 1 heterocycles. The van der Waals surface area contributed by atoms with E-state index in [1.165, 1.54) is 0 Å². The van der Waals surface area contributed by atoms with Gasteiger partial charge in [-0.3, -0.25) is 0 Å². The van der Waals surface area contributed by atoms with Crippen LogP contribution in [0.1, 0.15) is 16.1 Å². The molecule has 0 saturated carbocycles. The van der Waals surface area contributed by atoms with E-state index in [0.717, 1.165) is 25.4 Å². The van der Waals surface area contributed by atoms with Crippen LogP contribution in [0.5, 0.6) is 0 Å². The predicted octanol–water partition coefficient (Wildman–Crippen LogP) is 2.40. The minimum Gasteiger partial charge on any atom is -0.409 e. The molecule has 0 radical (unpaired) electrons. The fourth-order valence-electron chi connectivity index (χ4n) is 1.46. The van der Waals surface area contributed by atoms with Crippen LogP contribution in [0, 0.1) is 13.8 Å². The van der Waals surface area contributed by atoms with Crippen molar-refractivity contribution in [1.82, 2.24) is 10.2 Å². The molecule has 0 saturated heterocycles. The highest BCUT2D eigenvalue weighted by atomic mass is 32.2. The lowest BCUT2D eigenvalue weighted by Gasteiger charge is -2.05. The normalized spacial score (nSPS) is 11.8. The summed E-state index contributed by atoms with van der Waals surface area (Å²) in [5.74, 6) is 0.121. The van der Waals surface area contributed by atoms with Crippen LogP contribution in [0.2, 0.25) is 0 Å². The van der Waals surface area contributed by atoms with Gasteiger partial charge in [0.15, 0.2) is 10.2 Å². The highest BCUT2D eigenvalue weighted by Crippen LogP contribution is 2.30. The summed E-state index contributed by atoms with van der Waals surface area (Å²) in [7, 11) is 0. The summed E-state index contributed by atoms with van der Waals surface area (Å²) in [5.41, 5.74) is 7.26. The molecule has 0 unspecified atom stereocenters. The van der Waals surface area contributed by atoms with Gasteiger partial charge in [-0.25, -0.2) is 0 Å². The molecule has 0 bridgehead atoms. The molecule has 0 aliphatic rings. The maximum absolute atomic E-state index is 8.66. The highest BCUT2D eigenvalue weighted by molar-refractivity contribution is 8.01. The molecule has 5 nitrogen and oxygen atoms in total. The third-order valence-electron chi connectivity index (χ3n) is 2.29. The average molecular weight is 280 g/mol. The third kappa shape index (κ3) is 2.80. The Balaban J connectivity index is 2.24. The van der Waals surface area contributed by atoms with Gasteiger partial charge in [-0.15, -0.1) is 10.2 Å².